The maximum absolute atomic E-state index is 11.4. The van der Waals surface area contributed by atoms with Crippen molar-refractivity contribution in [3.63, 3.8) is 0 Å². The maximum Gasteiger partial charge on any atom is 0.367 e. The Labute approximate surface area is 120 Å². The highest BCUT2D eigenvalue weighted by atomic mass is 35.5. The van der Waals surface area contributed by atoms with Gasteiger partial charge in [-0.3, -0.25) is 0 Å². The number of nitrogens with zero attached hydrogens (tertiary/aromatic N) is 1. The molecule has 1 aromatic carbocycles. The topological polar surface area (TPSA) is 51.8 Å². The molecule has 0 spiro atoms. The van der Waals surface area contributed by atoms with Gasteiger partial charge in [0.25, 0.3) is 0 Å². The Morgan fingerprint density at radius 2 is 1.90 bits per heavy atom. The van der Waals surface area contributed by atoms with Crippen molar-refractivity contribution in [2.24, 2.45) is 5.16 Å². The SMILES string of the molecule is CC1=NOC(=O)/C1=C\c1ccc(-c2ccc(Cl)cc2)o1. The van der Waals surface area contributed by atoms with Gasteiger partial charge in [-0.05, 0) is 49.4 Å². The zero-order chi connectivity index (χ0) is 14.1. The zero-order valence-electron chi connectivity index (χ0n) is 10.6. The van der Waals surface area contributed by atoms with Crippen LogP contribution in [0.1, 0.15) is 12.7 Å². The molecule has 1 aromatic heterocycles. The van der Waals surface area contributed by atoms with Crippen molar-refractivity contribution in [1.82, 2.24) is 0 Å². The number of furan rings is 1. The first-order valence-corrected chi connectivity index (χ1v) is 6.35. The molecule has 100 valence electrons. The molecule has 0 saturated heterocycles. The number of benzene rings is 1. The van der Waals surface area contributed by atoms with Crippen LogP contribution in [0.3, 0.4) is 0 Å². The van der Waals surface area contributed by atoms with Gasteiger partial charge in [-0.15, -0.1) is 0 Å². The summed E-state index contributed by atoms with van der Waals surface area (Å²) in [5, 5.41) is 4.28. The number of halogens is 1. The van der Waals surface area contributed by atoms with Crippen LogP contribution < -0.4 is 0 Å². The molecule has 2 heterocycles. The second-order valence-corrected chi connectivity index (χ2v) is 4.76. The van der Waals surface area contributed by atoms with Crippen LogP contribution in [0.15, 0.2) is 51.5 Å². The molecule has 2 aromatic rings. The fourth-order valence-electron chi connectivity index (χ4n) is 1.86. The Morgan fingerprint density at radius 1 is 1.15 bits per heavy atom. The van der Waals surface area contributed by atoms with Gasteiger partial charge in [0.1, 0.15) is 11.5 Å². The van der Waals surface area contributed by atoms with Gasteiger partial charge in [0.2, 0.25) is 0 Å². The molecule has 0 saturated carbocycles. The average molecular weight is 288 g/mol. The van der Waals surface area contributed by atoms with Crippen LogP contribution in [0.25, 0.3) is 17.4 Å². The Balaban J connectivity index is 1.91. The van der Waals surface area contributed by atoms with Gasteiger partial charge in [-0.2, -0.15) is 0 Å². The Kier molecular flexibility index (Phi) is 3.16. The summed E-state index contributed by atoms with van der Waals surface area (Å²) in [6, 6.07) is 11.0. The molecule has 3 rings (SSSR count). The van der Waals surface area contributed by atoms with E-state index in [1.807, 2.05) is 18.2 Å². The zero-order valence-corrected chi connectivity index (χ0v) is 11.3. The van der Waals surface area contributed by atoms with E-state index >= 15 is 0 Å². The first-order chi connectivity index (χ1) is 9.63. The lowest BCUT2D eigenvalue weighted by atomic mass is 10.1. The number of rotatable bonds is 2. The molecular formula is C15H10ClNO3. The molecule has 0 atom stereocenters. The predicted octanol–water partition coefficient (Wildman–Crippen LogP) is 3.92. The van der Waals surface area contributed by atoms with Crippen LogP contribution in [0, 0.1) is 0 Å². The molecule has 1 aliphatic rings. The fraction of sp³-hybridized carbons (Fsp3) is 0.0667. The third-order valence-corrected chi connectivity index (χ3v) is 3.17. The van der Waals surface area contributed by atoms with E-state index in [4.69, 9.17) is 16.0 Å². The van der Waals surface area contributed by atoms with E-state index in [0.29, 0.717) is 27.8 Å². The van der Waals surface area contributed by atoms with Crippen LogP contribution >= 0.6 is 11.6 Å². The lowest BCUT2D eigenvalue weighted by Gasteiger charge is -1.96. The minimum absolute atomic E-state index is 0.405. The highest BCUT2D eigenvalue weighted by Gasteiger charge is 2.22. The third-order valence-electron chi connectivity index (χ3n) is 2.92. The van der Waals surface area contributed by atoms with Crippen molar-refractivity contribution >= 4 is 29.4 Å². The molecular weight excluding hydrogens is 278 g/mol. The van der Waals surface area contributed by atoms with Crippen molar-refractivity contribution in [2.45, 2.75) is 6.92 Å². The van der Waals surface area contributed by atoms with Crippen molar-refractivity contribution in [2.75, 3.05) is 0 Å². The first-order valence-electron chi connectivity index (χ1n) is 5.97. The standard InChI is InChI=1S/C15H10ClNO3/c1-9-13(15(18)20-17-9)8-12-6-7-14(19-12)10-2-4-11(16)5-3-10/h2-8H,1H3/b13-8-. The monoisotopic (exact) mass is 287 g/mol. The van der Waals surface area contributed by atoms with Crippen molar-refractivity contribution in [3.05, 3.63) is 52.8 Å². The smallest absolute Gasteiger partial charge is 0.367 e. The van der Waals surface area contributed by atoms with E-state index in [9.17, 15) is 4.79 Å². The molecule has 0 amide bonds. The molecule has 0 radical (unpaired) electrons. The Morgan fingerprint density at radius 3 is 2.55 bits per heavy atom. The maximum atomic E-state index is 11.4. The molecule has 0 bridgehead atoms. The molecule has 0 N–H and O–H groups in total. The lowest BCUT2D eigenvalue weighted by Crippen LogP contribution is -2.01. The van der Waals surface area contributed by atoms with E-state index in [0.717, 1.165) is 5.56 Å². The molecule has 20 heavy (non-hydrogen) atoms. The van der Waals surface area contributed by atoms with Gasteiger partial charge in [0, 0.05) is 10.6 Å². The minimum Gasteiger partial charge on any atom is -0.457 e. The van der Waals surface area contributed by atoms with E-state index in [-0.39, 0.29) is 0 Å². The van der Waals surface area contributed by atoms with Crippen molar-refractivity contribution in [1.29, 1.82) is 0 Å². The van der Waals surface area contributed by atoms with Crippen LogP contribution in [-0.2, 0) is 9.63 Å². The van der Waals surface area contributed by atoms with Crippen molar-refractivity contribution < 1.29 is 14.0 Å². The summed E-state index contributed by atoms with van der Waals surface area (Å²) in [4.78, 5) is 16.0. The minimum atomic E-state index is -0.466. The van der Waals surface area contributed by atoms with E-state index in [1.54, 1.807) is 31.2 Å². The summed E-state index contributed by atoms with van der Waals surface area (Å²) in [6.45, 7) is 1.71. The Hall–Kier alpha value is -2.33. The van der Waals surface area contributed by atoms with Gasteiger partial charge >= 0.3 is 5.97 Å². The molecule has 1 aliphatic heterocycles. The van der Waals surface area contributed by atoms with Crippen LogP contribution in [-0.4, -0.2) is 11.7 Å². The Bertz CT molecular complexity index is 726. The highest BCUT2D eigenvalue weighted by Crippen LogP contribution is 2.25. The molecule has 0 fully saturated rings. The second kappa shape index (κ2) is 4.98. The second-order valence-electron chi connectivity index (χ2n) is 4.32. The molecule has 5 heteroatoms. The van der Waals surface area contributed by atoms with Gasteiger partial charge in [-0.1, -0.05) is 16.8 Å². The van der Waals surface area contributed by atoms with Gasteiger partial charge < -0.3 is 9.25 Å². The summed E-state index contributed by atoms with van der Waals surface area (Å²) in [7, 11) is 0. The summed E-state index contributed by atoms with van der Waals surface area (Å²) in [5.74, 6) is 0.805. The van der Waals surface area contributed by atoms with E-state index in [2.05, 4.69) is 9.99 Å². The quantitative estimate of drug-likeness (QED) is 0.621. The van der Waals surface area contributed by atoms with E-state index < -0.39 is 5.97 Å². The summed E-state index contributed by atoms with van der Waals surface area (Å²) >= 11 is 5.85. The summed E-state index contributed by atoms with van der Waals surface area (Å²) < 4.78 is 5.69. The normalized spacial score (nSPS) is 16.4. The third kappa shape index (κ3) is 2.38. The van der Waals surface area contributed by atoms with Crippen LogP contribution in [0.4, 0.5) is 0 Å². The van der Waals surface area contributed by atoms with Gasteiger partial charge in [-0.25, -0.2) is 4.79 Å². The predicted molar refractivity (Wildman–Crippen MR) is 76.3 cm³/mol. The lowest BCUT2D eigenvalue weighted by molar-refractivity contribution is -0.136. The largest absolute Gasteiger partial charge is 0.457 e. The summed E-state index contributed by atoms with van der Waals surface area (Å²) in [5.41, 5.74) is 1.86. The molecule has 0 aliphatic carbocycles. The van der Waals surface area contributed by atoms with Crippen molar-refractivity contribution in [3.8, 4) is 11.3 Å². The number of oxime groups is 1. The fourth-order valence-corrected chi connectivity index (χ4v) is 1.99. The van der Waals surface area contributed by atoms with Crippen LogP contribution in [0.2, 0.25) is 5.02 Å². The molecule has 4 nitrogen and oxygen atoms in total. The van der Waals surface area contributed by atoms with E-state index in [1.165, 1.54) is 0 Å². The number of carbonyl (C=O) groups excluding carboxylic acids is 1. The number of hydrogen-bond donors (Lipinski definition) is 0. The van der Waals surface area contributed by atoms with Gasteiger partial charge in [0.05, 0.1) is 11.3 Å². The average Bonchev–Trinajstić information content (AvgIpc) is 3.02. The first kappa shape index (κ1) is 12.7. The highest BCUT2D eigenvalue weighted by molar-refractivity contribution is 6.30. The number of hydrogen-bond acceptors (Lipinski definition) is 4. The van der Waals surface area contributed by atoms with Gasteiger partial charge in [0.15, 0.2) is 0 Å². The number of carbonyl (C=O) groups is 1. The summed E-state index contributed by atoms with van der Waals surface area (Å²) in [6.07, 6.45) is 1.62. The molecule has 0 unspecified atom stereocenters. The van der Waals surface area contributed by atoms with Crippen LogP contribution in [0.5, 0.6) is 0 Å².